The Hall–Kier alpha value is -7.21. The lowest BCUT2D eigenvalue weighted by Crippen LogP contribution is -2.02. The van der Waals surface area contributed by atoms with Gasteiger partial charge in [0.05, 0.1) is 11.0 Å². The summed E-state index contributed by atoms with van der Waals surface area (Å²) in [4.78, 5) is 15.9. The van der Waals surface area contributed by atoms with E-state index in [-0.39, 0.29) is 0 Å². The Bertz CT molecular complexity index is 3560. The molecule has 0 saturated heterocycles. The summed E-state index contributed by atoms with van der Waals surface area (Å²) in [6.45, 7) is 0. The Morgan fingerprint density at radius 2 is 0.929 bits per heavy atom. The van der Waals surface area contributed by atoms with Gasteiger partial charge in [-0.15, -0.1) is 11.3 Å². The maximum Gasteiger partial charge on any atom is 0.164 e. The molecule has 0 bridgehead atoms. The number of para-hydroxylation sites is 1. The molecule has 0 radical (unpaired) electrons. The molecular weight excluding hydrogens is 701 g/mol. The lowest BCUT2D eigenvalue weighted by molar-refractivity contribution is 1.08. The van der Waals surface area contributed by atoms with Crippen molar-refractivity contribution in [1.29, 1.82) is 0 Å². The molecular formula is C51H30N4S. The number of rotatable bonds is 4. The standard InChI is InChI=1S/C51H30N4S/c1-2-12-32-25-36(22-21-31(32)11-1)49-52-50(37-23-24-48-43(28-37)41-18-8-10-20-47(41)56-48)54-51(53-49)44-30-38(26-35-15-5-6-16-39(35)44)55-45-19-9-7-17-40(45)42-27-33-13-3-4-14-34(33)29-46(42)55/h1-30H. The van der Waals surface area contributed by atoms with Crippen LogP contribution in [0, 0.1) is 0 Å². The van der Waals surface area contributed by atoms with E-state index in [9.17, 15) is 0 Å². The van der Waals surface area contributed by atoms with Gasteiger partial charge >= 0.3 is 0 Å². The van der Waals surface area contributed by atoms with Gasteiger partial charge in [0.15, 0.2) is 17.5 Å². The summed E-state index contributed by atoms with van der Waals surface area (Å²) in [6.07, 6.45) is 0. The molecule has 12 aromatic rings. The lowest BCUT2D eigenvalue weighted by Gasteiger charge is -2.15. The minimum atomic E-state index is 0.637. The Kier molecular flexibility index (Phi) is 6.76. The van der Waals surface area contributed by atoms with E-state index in [1.54, 1.807) is 0 Å². The molecule has 0 saturated carbocycles. The zero-order chi connectivity index (χ0) is 36.7. The number of aromatic nitrogens is 4. The number of nitrogens with zero attached hydrogens (tertiary/aromatic N) is 4. The van der Waals surface area contributed by atoms with Gasteiger partial charge in [0, 0.05) is 53.3 Å². The molecule has 0 N–H and O–H groups in total. The minimum absolute atomic E-state index is 0.637. The molecule has 0 fully saturated rings. The average Bonchev–Trinajstić information content (AvgIpc) is 3.79. The second kappa shape index (κ2) is 12.2. The zero-order valence-electron chi connectivity index (χ0n) is 30.0. The van der Waals surface area contributed by atoms with Crippen molar-refractivity contribution in [3.8, 4) is 39.9 Å². The van der Waals surface area contributed by atoms with Crippen molar-refractivity contribution in [2.45, 2.75) is 0 Å². The summed E-state index contributed by atoms with van der Waals surface area (Å²) < 4.78 is 4.92. The van der Waals surface area contributed by atoms with E-state index >= 15 is 0 Å². The summed E-state index contributed by atoms with van der Waals surface area (Å²) in [6, 6.07) is 65.2. The van der Waals surface area contributed by atoms with Gasteiger partial charge in [-0.05, 0) is 93.0 Å². The van der Waals surface area contributed by atoms with Crippen LogP contribution in [0.25, 0.3) is 114 Å². The van der Waals surface area contributed by atoms with Crippen LogP contribution in [0.2, 0.25) is 0 Å². The smallest absolute Gasteiger partial charge is 0.164 e. The van der Waals surface area contributed by atoms with Crippen LogP contribution >= 0.6 is 11.3 Å². The van der Waals surface area contributed by atoms with Gasteiger partial charge < -0.3 is 4.57 Å². The Morgan fingerprint density at radius 3 is 1.75 bits per heavy atom. The molecule has 0 unspecified atom stereocenters. The highest BCUT2D eigenvalue weighted by molar-refractivity contribution is 7.25. The highest BCUT2D eigenvalue weighted by Gasteiger charge is 2.19. The van der Waals surface area contributed by atoms with Crippen molar-refractivity contribution in [2.75, 3.05) is 0 Å². The monoisotopic (exact) mass is 730 g/mol. The fourth-order valence-corrected chi connectivity index (χ4v) is 9.58. The fraction of sp³-hybridized carbons (Fsp3) is 0. The Labute approximate surface area is 325 Å². The van der Waals surface area contributed by atoms with Crippen LogP contribution in [0.15, 0.2) is 182 Å². The average molecular weight is 731 g/mol. The molecule has 0 amide bonds. The number of hydrogen-bond acceptors (Lipinski definition) is 4. The molecule has 0 aliphatic heterocycles. The van der Waals surface area contributed by atoms with Crippen LogP contribution in [-0.4, -0.2) is 19.5 Å². The van der Waals surface area contributed by atoms with E-state index in [1.807, 2.05) is 11.3 Å². The number of benzene rings is 9. The molecule has 5 heteroatoms. The normalized spacial score (nSPS) is 11.9. The van der Waals surface area contributed by atoms with Crippen LogP contribution in [0.1, 0.15) is 0 Å². The summed E-state index contributed by atoms with van der Waals surface area (Å²) in [5.41, 5.74) is 6.24. The van der Waals surface area contributed by atoms with Crippen LogP contribution in [0.5, 0.6) is 0 Å². The van der Waals surface area contributed by atoms with Crippen LogP contribution in [0.4, 0.5) is 0 Å². The van der Waals surface area contributed by atoms with E-state index in [1.165, 1.54) is 47.1 Å². The lowest BCUT2D eigenvalue weighted by atomic mass is 10.0. The first-order chi connectivity index (χ1) is 27.7. The summed E-state index contributed by atoms with van der Waals surface area (Å²) in [5.74, 6) is 1.93. The van der Waals surface area contributed by atoms with Gasteiger partial charge in [-0.2, -0.15) is 0 Å². The zero-order valence-corrected chi connectivity index (χ0v) is 30.8. The number of thiophene rings is 1. The third kappa shape index (κ3) is 4.88. The maximum absolute atomic E-state index is 5.34. The highest BCUT2D eigenvalue weighted by Crippen LogP contribution is 2.40. The first kappa shape index (κ1) is 31.2. The Balaban J connectivity index is 1.14. The van der Waals surface area contributed by atoms with Crippen molar-refractivity contribution < 1.29 is 0 Å². The van der Waals surface area contributed by atoms with Crippen LogP contribution in [-0.2, 0) is 0 Å². The van der Waals surface area contributed by atoms with E-state index in [0.717, 1.165) is 49.6 Å². The third-order valence-corrected chi connectivity index (χ3v) is 12.3. The van der Waals surface area contributed by atoms with Crippen molar-refractivity contribution in [3.05, 3.63) is 182 Å². The first-order valence-electron chi connectivity index (χ1n) is 18.8. The van der Waals surface area contributed by atoms with Crippen molar-refractivity contribution in [3.63, 3.8) is 0 Å². The number of fused-ring (bicyclic) bond motifs is 9. The molecule has 260 valence electrons. The van der Waals surface area contributed by atoms with E-state index in [2.05, 4.69) is 187 Å². The molecule has 9 aromatic carbocycles. The van der Waals surface area contributed by atoms with Gasteiger partial charge in [-0.1, -0.05) is 121 Å². The van der Waals surface area contributed by atoms with Crippen molar-refractivity contribution in [1.82, 2.24) is 19.5 Å². The van der Waals surface area contributed by atoms with E-state index in [4.69, 9.17) is 15.0 Å². The molecule has 3 heterocycles. The van der Waals surface area contributed by atoms with E-state index in [0.29, 0.717) is 17.5 Å². The Morgan fingerprint density at radius 1 is 0.339 bits per heavy atom. The maximum atomic E-state index is 5.34. The van der Waals surface area contributed by atoms with Gasteiger partial charge in [-0.25, -0.2) is 15.0 Å². The predicted octanol–water partition coefficient (Wildman–Crippen LogP) is 13.8. The topological polar surface area (TPSA) is 43.6 Å². The predicted molar refractivity (Wildman–Crippen MR) is 236 cm³/mol. The van der Waals surface area contributed by atoms with Gasteiger partial charge in [0.2, 0.25) is 0 Å². The molecule has 0 aliphatic rings. The molecule has 56 heavy (non-hydrogen) atoms. The SMILES string of the molecule is c1ccc2cc(-c3nc(-c4ccc5sc6ccccc6c5c4)nc(-c4cc(-n5c6ccccc6c6cc7ccccc7cc65)cc5ccccc45)n3)ccc2c1. The summed E-state index contributed by atoms with van der Waals surface area (Å²) in [5, 5.41) is 11.9. The van der Waals surface area contributed by atoms with Gasteiger partial charge in [0.25, 0.3) is 0 Å². The van der Waals surface area contributed by atoms with Crippen molar-refractivity contribution >= 4 is 85.6 Å². The van der Waals surface area contributed by atoms with Crippen LogP contribution in [0.3, 0.4) is 0 Å². The minimum Gasteiger partial charge on any atom is -0.309 e. The molecule has 0 spiro atoms. The molecule has 4 nitrogen and oxygen atoms in total. The van der Waals surface area contributed by atoms with Gasteiger partial charge in [-0.3, -0.25) is 0 Å². The van der Waals surface area contributed by atoms with E-state index < -0.39 is 0 Å². The van der Waals surface area contributed by atoms with Gasteiger partial charge in [0.1, 0.15) is 0 Å². The first-order valence-corrected chi connectivity index (χ1v) is 19.7. The second-order valence-electron chi connectivity index (χ2n) is 14.5. The largest absolute Gasteiger partial charge is 0.309 e. The molecule has 3 aromatic heterocycles. The molecule has 0 atom stereocenters. The number of hydrogen-bond donors (Lipinski definition) is 0. The fourth-order valence-electron chi connectivity index (χ4n) is 8.49. The summed E-state index contributed by atoms with van der Waals surface area (Å²) in [7, 11) is 0. The van der Waals surface area contributed by atoms with Crippen LogP contribution < -0.4 is 0 Å². The second-order valence-corrected chi connectivity index (χ2v) is 15.5. The molecule has 0 aliphatic carbocycles. The van der Waals surface area contributed by atoms with Crippen molar-refractivity contribution in [2.24, 2.45) is 0 Å². The quantitative estimate of drug-likeness (QED) is 0.181. The molecule has 12 rings (SSSR count). The summed E-state index contributed by atoms with van der Waals surface area (Å²) >= 11 is 1.81. The highest BCUT2D eigenvalue weighted by atomic mass is 32.1. The third-order valence-electron chi connectivity index (χ3n) is 11.2.